The summed E-state index contributed by atoms with van der Waals surface area (Å²) in [5, 5.41) is 9.13. The first-order valence-electron chi connectivity index (χ1n) is 5.70. The second-order valence-corrected chi connectivity index (χ2v) is 5.53. The summed E-state index contributed by atoms with van der Waals surface area (Å²) in [6, 6.07) is 0. The van der Waals surface area contributed by atoms with Gasteiger partial charge in [0.1, 0.15) is 12.1 Å². The summed E-state index contributed by atoms with van der Waals surface area (Å²) >= 11 is 1.45. The molecule has 0 radical (unpaired) electrons. The summed E-state index contributed by atoms with van der Waals surface area (Å²) in [4.78, 5) is 37.4. The number of carboxylic acids is 1. The molecule has 18 heavy (non-hydrogen) atoms. The highest BCUT2D eigenvalue weighted by molar-refractivity contribution is 8.00. The SMILES string of the molecule is CCN(C(=O)CN1CSCC1=O)C(C)(C)C(=O)O. The van der Waals surface area contributed by atoms with Crippen molar-refractivity contribution in [3.63, 3.8) is 0 Å². The molecule has 0 unspecified atom stereocenters. The predicted molar refractivity (Wildman–Crippen MR) is 68.1 cm³/mol. The lowest BCUT2D eigenvalue weighted by Gasteiger charge is -2.35. The van der Waals surface area contributed by atoms with Crippen LogP contribution in [0.15, 0.2) is 0 Å². The lowest BCUT2D eigenvalue weighted by molar-refractivity contribution is -0.157. The molecular formula is C11H18N2O4S. The third-order valence-electron chi connectivity index (χ3n) is 2.97. The molecule has 1 N–H and O–H groups in total. The van der Waals surface area contributed by atoms with Gasteiger partial charge < -0.3 is 14.9 Å². The van der Waals surface area contributed by atoms with E-state index >= 15 is 0 Å². The van der Waals surface area contributed by atoms with Gasteiger partial charge in [-0.3, -0.25) is 9.59 Å². The van der Waals surface area contributed by atoms with E-state index in [1.807, 2.05) is 0 Å². The van der Waals surface area contributed by atoms with Gasteiger partial charge in [-0.15, -0.1) is 11.8 Å². The summed E-state index contributed by atoms with van der Waals surface area (Å²) in [6.07, 6.45) is 0. The second-order valence-electron chi connectivity index (χ2n) is 4.57. The maximum absolute atomic E-state index is 12.1. The van der Waals surface area contributed by atoms with Gasteiger partial charge in [0.05, 0.1) is 11.6 Å². The van der Waals surface area contributed by atoms with Crippen LogP contribution >= 0.6 is 11.8 Å². The van der Waals surface area contributed by atoms with Crippen molar-refractivity contribution in [3.05, 3.63) is 0 Å². The molecule has 1 fully saturated rings. The van der Waals surface area contributed by atoms with Crippen molar-refractivity contribution in [1.29, 1.82) is 0 Å². The Labute approximate surface area is 110 Å². The topological polar surface area (TPSA) is 77.9 Å². The van der Waals surface area contributed by atoms with Crippen molar-refractivity contribution < 1.29 is 19.5 Å². The zero-order chi connectivity index (χ0) is 13.9. The van der Waals surface area contributed by atoms with Gasteiger partial charge in [-0.2, -0.15) is 0 Å². The van der Waals surface area contributed by atoms with E-state index in [9.17, 15) is 14.4 Å². The minimum absolute atomic E-state index is 0.0453. The highest BCUT2D eigenvalue weighted by Crippen LogP contribution is 2.18. The number of hydrogen-bond donors (Lipinski definition) is 1. The molecule has 2 amide bonds. The van der Waals surface area contributed by atoms with Gasteiger partial charge in [-0.1, -0.05) is 0 Å². The van der Waals surface area contributed by atoms with Crippen LogP contribution in [0, 0.1) is 0 Å². The van der Waals surface area contributed by atoms with Crippen LogP contribution < -0.4 is 0 Å². The van der Waals surface area contributed by atoms with Gasteiger partial charge in [0.2, 0.25) is 11.8 Å². The quantitative estimate of drug-likeness (QED) is 0.776. The molecule has 1 saturated heterocycles. The molecule has 0 aromatic rings. The number of carboxylic acid groups (broad SMARTS) is 1. The van der Waals surface area contributed by atoms with Crippen molar-refractivity contribution in [2.24, 2.45) is 0 Å². The van der Waals surface area contributed by atoms with Crippen LogP contribution in [-0.4, -0.2) is 62.9 Å². The Kier molecular flexibility index (Phi) is 4.61. The van der Waals surface area contributed by atoms with Crippen molar-refractivity contribution >= 4 is 29.5 Å². The smallest absolute Gasteiger partial charge is 0.329 e. The van der Waals surface area contributed by atoms with Crippen molar-refractivity contribution in [2.45, 2.75) is 26.3 Å². The predicted octanol–water partition coefficient (Wildman–Crippen LogP) is 0.231. The number of rotatable bonds is 5. The molecule has 102 valence electrons. The van der Waals surface area contributed by atoms with E-state index in [4.69, 9.17) is 5.11 Å². The minimum atomic E-state index is -1.26. The molecule has 1 aliphatic rings. The average Bonchev–Trinajstić information content (AvgIpc) is 2.64. The summed E-state index contributed by atoms with van der Waals surface area (Å²) in [5.74, 6) is -0.574. The van der Waals surface area contributed by atoms with Crippen LogP contribution in [0.2, 0.25) is 0 Å². The summed E-state index contributed by atoms with van der Waals surface area (Å²) < 4.78 is 0. The van der Waals surface area contributed by atoms with E-state index in [0.29, 0.717) is 18.2 Å². The van der Waals surface area contributed by atoms with E-state index in [0.717, 1.165) is 0 Å². The molecule has 0 saturated carbocycles. The first kappa shape index (κ1) is 14.8. The van der Waals surface area contributed by atoms with Gasteiger partial charge >= 0.3 is 5.97 Å². The fourth-order valence-electron chi connectivity index (χ4n) is 1.79. The van der Waals surface area contributed by atoms with E-state index < -0.39 is 11.5 Å². The molecule has 1 aliphatic heterocycles. The zero-order valence-electron chi connectivity index (χ0n) is 10.8. The monoisotopic (exact) mass is 274 g/mol. The summed E-state index contributed by atoms with van der Waals surface area (Å²) in [5.41, 5.74) is -1.26. The van der Waals surface area contributed by atoms with Crippen molar-refractivity contribution in [1.82, 2.24) is 9.80 Å². The van der Waals surface area contributed by atoms with E-state index in [-0.39, 0.29) is 18.4 Å². The number of hydrogen-bond acceptors (Lipinski definition) is 4. The molecule has 0 aromatic heterocycles. The minimum Gasteiger partial charge on any atom is -0.480 e. The number of carbonyl (C=O) groups is 3. The van der Waals surface area contributed by atoms with E-state index in [1.165, 1.54) is 35.4 Å². The van der Waals surface area contributed by atoms with Crippen LogP contribution in [0.1, 0.15) is 20.8 Å². The Morgan fingerprint density at radius 1 is 1.50 bits per heavy atom. The number of thioether (sulfide) groups is 1. The molecule has 1 heterocycles. The van der Waals surface area contributed by atoms with Crippen LogP contribution in [-0.2, 0) is 14.4 Å². The maximum atomic E-state index is 12.1. The molecular weight excluding hydrogens is 256 g/mol. The number of likely N-dealkylation sites (N-methyl/N-ethyl adjacent to an activating group) is 1. The largest absolute Gasteiger partial charge is 0.480 e. The molecule has 0 spiro atoms. The van der Waals surface area contributed by atoms with Gasteiger partial charge in [0, 0.05) is 6.54 Å². The number of aliphatic carboxylic acids is 1. The molecule has 0 bridgehead atoms. The van der Waals surface area contributed by atoms with Crippen LogP contribution in [0.25, 0.3) is 0 Å². The third kappa shape index (κ3) is 2.95. The van der Waals surface area contributed by atoms with E-state index in [1.54, 1.807) is 6.92 Å². The van der Waals surface area contributed by atoms with Gasteiger partial charge in [0.25, 0.3) is 0 Å². The van der Waals surface area contributed by atoms with Crippen LogP contribution in [0.4, 0.5) is 0 Å². The Hall–Kier alpha value is -1.24. The zero-order valence-corrected chi connectivity index (χ0v) is 11.6. The standard InChI is InChI=1S/C11H18N2O4S/c1-4-13(11(2,3)10(16)17)8(14)5-12-7-18-6-9(12)15/h4-7H2,1-3H3,(H,16,17). The first-order valence-corrected chi connectivity index (χ1v) is 6.85. The summed E-state index contributed by atoms with van der Waals surface area (Å²) in [6.45, 7) is 4.95. The first-order chi connectivity index (χ1) is 8.30. The molecule has 0 aromatic carbocycles. The fourth-order valence-corrected chi connectivity index (χ4v) is 2.69. The Morgan fingerprint density at radius 3 is 2.50 bits per heavy atom. The second kappa shape index (κ2) is 5.60. The van der Waals surface area contributed by atoms with Gasteiger partial charge in [-0.25, -0.2) is 4.79 Å². The lowest BCUT2D eigenvalue weighted by atomic mass is 10.0. The van der Waals surface area contributed by atoms with Gasteiger partial charge in [-0.05, 0) is 20.8 Å². The summed E-state index contributed by atoms with van der Waals surface area (Å²) in [7, 11) is 0. The highest BCUT2D eigenvalue weighted by atomic mass is 32.2. The number of carbonyl (C=O) groups excluding carboxylic acids is 2. The highest BCUT2D eigenvalue weighted by Gasteiger charge is 2.38. The van der Waals surface area contributed by atoms with E-state index in [2.05, 4.69) is 0 Å². The lowest BCUT2D eigenvalue weighted by Crippen LogP contribution is -2.55. The van der Waals surface area contributed by atoms with Crippen molar-refractivity contribution in [3.8, 4) is 0 Å². The third-order valence-corrected chi connectivity index (χ3v) is 3.91. The molecule has 6 nitrogen and oxygen atoms in total. The molecule has 7 heteroatoms. The Morgan fingerprint density at radius 2 is 2.11 bits per heavy atom. The van der Waals surface area contributed by atoms with Crippen LogP contribution in [0.5, 0.6) is 0 Å². The average molecular weight is 274 g/mol. The Balaban J connectivity index is 2.74. The number of nitrogens with zero attached hydrogens (tertiary/aromatic N) is 2. The fraction of sp³-hybridized carbons (Fsp3) is 0.727. The van der Waals surface area contributed by atoms with Gasteiger partial charge in [0.15, 0.2) is 0 Å². The Bertz CT molecular complexity index is 370. The maximum Gasteiger partial charge on any atom is 0.329 e. The molecule has 1 rings (SSSR count). The molecule has 0 atom stereocenters. The number of amides is 2. The van der Waals surface area contributed by atoms with Crippen LogP contribution in [0.3, 0.4) is 0 Å². The normalized spacial score (nSPS) is 15.9. The molecule has 0 aliphatic carbocycles. The van der Waals surface area contributed by atoms with Crippen molar-refractivity contribution in [2.75, 3.05) is 24.7 Å².